The summed E-state index contributed by atoms with van der Waals surface area (Å²) < 4.78 is 5.01. The number of nitrogens with one attached hydrogen (secondary N) is 2. The van der Waals surface area contributed by atoms with Gasteiger partial charge in [-0.2, -0.15) is 0 Å². The normalized spacial score (nSPS) is 10.2. The lowest BCUT2D eigenvalue weighted by Crippen LogP contribution is -2.40. The topological polar surface area (TPSA) is 67.4 Å². The Balaban J connectivity index is 1.85. The molecule has 0 aromatic heterocycles. The van der Waals surface area contributed by atoms with Crippen LogP contribution in [0.2, 0.25) is 0 Å². The molecule has 0 atom stereocenters. The van der Waals surface area contributed by atoms with Crippen molar-refractivity contribution >= 4 is 17.9 Å². The summed E-state index contributed by atoms with van der Waals surface area (Å²) in [5, 5.41) is 0. The van der Waals surface area contributed by atoms with E-state index in [0.717, 1.165) is 5.56 Å². The first-order chi connectivity index (χ1) is 10.7. The van der Waals surface area contributed by atoms with Gasteiger partial charge < -0.3 is 4.74 Å². The van der Waals surface area contributed by atoms with E-state index >= 15 is 0 Å². The van der Waals surface area contributed by atoms with Gasteiger partial charge in [0.25, 0.3) is 11.8 Å². The summed E-state index contributed by atoms with van der Waals surface area (Å²) in [4.78, 5) is 23.5. The van der Waals surface area contributed by atoms with Gasteiger partial charge in [0, 0.05) is 11.6 Å². The molecule has 0 bridgehead atoms. The molecular weight excluding hydrogens is 280 g/mol. The van der Waals surface area contributed by atoms with Gasteiger partial charge in [0.1, 0.15) is 5.75 Å². The molecule has 0 aliphatic rings. The second-order valence-corrected chi connectivity index (χ2v) is 4.42. The van der Waals surface area contributed by atoms with Crippen LogP contribution in [0.4, 0.5) is 0 Å². The van der Waals surface area contributed by atoms with E-state index in [1.807, 2.05) is 30.3 Å². The summed E-state index contributed by atoms with van der Waals surface area (Å²) in [5.41, 5.74) is 5.99. The first-order valence-corrected chi connectivity index (χ1v) is 6.66. The minimum Gasteiger partial charge on any atom is -0.497 e. The standard InChI is InChI=1S/C17H16N2O3/c1-22-15-10-8-14(9-11-15)17(21)19-18-16(20)12-7-13-5-3-2-4-6-13/h2-12H,1H3,(H,18,20)(H,19,21)/b12-7-. The largest absolute Gasteiger partial charge is 0.497 e. The average Bonchev–Trinajstić information content (AvgIpc) is 2.58. The van der Waals surface area contributed by atoms with E-state index < -0.39 is 11.8 Å². The highest BCUT2D eigenvalue weighted by molar-refractivity contribution is 5.97. The van der Waals surface area contributed by atoms with Gasteiger partial charge in [-0.1, -0.05) is 30.3 Å². The van der Waals surface area contributed by atoms with Crippen molar-refractivity contribution in [2.45, 2.75) is 0 Å². The Labute approximate surface area is 128 Å². The monoisotopic (exact) mass is 296 g/mol. The molecule has 2 aromatic rings. The Bertz CT molecular complexity index is 664. The number of carbonyl (C=O) groups is 2. The van der Waals surface area contributed by atoms with E-state index in [1.165, 1.54) is 6.08 Å². The minimum absolute atomic E-state index is 0.399. The maximum Gasteiger partial charge on any atom is 0.269 e. The summed E-state index contributed by atoms with van der Waals surface area (Å²) in [6.45, 7) is 0. The van der Waals surface area contributed by atoms with Crippen LogP contribution in [0.25, 0.3) is 6.08 Å². The Morgan fingerprint density at radius 1 is 0.955 bits per heavy atom. The van der Waals surface area contributed by atoms with Gasteiger partial charge in [-0.15, -0.1) is 0 Å². The van der Waals surface area contributed by atoms with E-state index in [4.69, 9.17) is 4.74 Å². The predicted molar refractivity (Wildman–Crippen MR) is 84.1 cm³/mol. The number of hydrogen-bond acceptors (Lipinski definition) is 3. The number of carbonyl (C=O) groups excluding carboxylic acids is 2. The van der Waals surface area contributed by atoms with E-state index in [-0.39, 0.29) is 0 Å². The molecule has 112 valence electrons. The number of hydrazine groups is 1. The maximum absolute atomic E-state index is 11.8. The van der Waals surface area contributed by atoms with Crippen molar-refractivity contribution in [2.75, 3.05) is 7.11 Å². The Morgan fingerprint density at radius 3 is 2.27 bits per heavy atom. The van der Waals surface area contributed by atoms with E-state index in [0.29, 0.717) is 11.3 Å². The highest BCUT2D eigenvalue weighted by atomic mass is 16.5. The van der Waals surface area contributed by atoms with Gasteiger partial charge in [0.2, 0.25) is 0 Å². The fourth-order valence-corrected chi connectivity index (χ4v) is 1.71. The molecule has 2 amide bonds. The van der Waals surface area contributed by atoms with Crippen LogP contribution in [-0.2, 0) is 4.79 Å². The number of methoxy groups -OCH3 is 1. The minimum atomic E-state index is -0.411. The summed E-state index contributed by atoms with van der Waals surface area (Å²) in [6.07, 6.45) is 3.01. The van der Waals surface area contributed by atoms with Crippen LogP contribution < -0.4 is 15.6 Å². The van der Waals surface area contributed by atoms with Crippen molar-refractivity contribution in [3.8, 4) is 5.75 Å². The third-order valence-corrected chi connectivity index (χ3v) is 2.88. The highest BCUT2D eigenvalue weighted by Gasteiger charge is 2.05. The molecule has 2 rings (SSSR count). The summed E-state index contributed by atoms with van der Waals surface area (Å²) in [6, 6.07) is 16.0. The predicted octanol–water partition coefficient (Wildman–Crippen LogP) is 2.17. The quantitative estimate of drug-likeness (QED) is 0.671. The third-order valence-electron chi connectivity index (χ3n) is 2.88. The molecule has 0 spiro atoms. The molecule has 0 aliphatic carbocycles. The van der Waals surface area contributed by atoms with Crippen LogP contribution in [0.3, 0.4) is 0 Å². The van der Waals surface area contributed by atoms with E-state index in [9.17, 15) is 9.59 Å². The fourth-order valence-electron chi connectivity index (χ4n) is 1.71. The first-order valence-electron chi connectivity index (χ1n) is 6.66. The van der Waals surface area contributed by atoms with Crippen molar-refractivity contribution in [1.29, 1.82) is 0 Å². The van der Waals surface area contributed by atoms with Crippen LogP contribution in [0, 0.1) is 0 Å². The number of ether oxygens (including phenoxy) is 1. The lowest BCUT2D eigenvalue weighted by atomic mass is 10.2. The molecule has 2 aromatic carbocycles. The summed E-state index contributed by atoms with van der Waals surface area (Å²) in [5.74, 6) is -0.152. The number of hydrogen-bond donors (Lipinski definition) is 2. The lowest BCUT2D eigenvalue weighted by molar-refractivity contribution is -0.117. The highest BCUT2D eigenvalue weighted by Crippen LogP contribution is 2.10. The maximum atomic E-state index is 11.8. The van der Waals surface area contributed by atoms with Crippen LogP contribution in [0.5, 0.6) is 5.75 Å². The summed E-state index contributed by atoms with van der Waals surface area (Å²) in [7, 11) is 1.55. The smallest absolute Gasteiger partial charge is 0.269 e. The van der Waals surface area contributed by atoms with Gasteiger partial charge >= 0.3 is 0 Å². The Morgan fingerprint density at radius 2 is 1.64 bits per heavy atom. The van der Waals surface area contributed by atoms with Crippen molar-refractivity contribution < 1.29 is 14.3 Å². The zero-order valence-electron chi connectivity index (χ0n) is 12.1. The second-order valence-electron chi connectivity index (χ2n) is 4.42. The first kappa shape index (κ1) is 15.3. The molecule has 0 radical (unpaired) electrons. The van der Waals surface area contributed by atoms with Crippen molar-refractivity contribution in [1.82, 2.24) is 10.9 Å². The van der Waals surface area contributed by atoms with Gasteiger partial charge in [0.15, 0.2) is 0 Å². The van der Waals surface area contributed by atoms with Crippen LogP contribution in [0.15, 0.2) is 60.7 Å². The van der Waals surface area contributed by atoms with Crippen LogP contribution in [0.1, 0.15) is 15.9 Å². The number of rotatable bonds is 4. The van der Waals surface area contributed by atoms with E-state index in [2.05, 4.69) is 10.9 Å². The molecule has 5 nitrogen and oxygen atoms in total. The van der Waals surface area contributed by atoms with Crippen molar-refractivity contribution in [3.05, 3.63) is 71.8 Å². The molecule has 0 fully saturated rings. The lowest BCUT2D eigenvalue weighted by Gasteiger charge is -2.06. The molecule has 5 heteroatoms. The molecular formula is C17H16N2O3. The summed E-state index contributed by atoms with van der Waals surface area (Å²) >= 11 is 0. The number of amides is 2. The molecule has 0 saturated heterocycles. The van der Waals surface area contributed by atoms with Gasteiger partial charge in [0.05, 0.1) is 7.11 Å². The molecule has 0 aliphatic heterocycles. The van der Waals surface area contributed by atoms with Gasteiger partial charge in [-0.05, 0) is 35.9 Å². The Hall–Kier alpha value is -3.08. The van der Waals surface area contributed by atoms with E-state index in [1.54, 1.807) is 37.5 Å². The van der Waals surface area contributed by atoms with Crippen molar-refractivity contribution in [2.24, 2.45) is 0 Å². The van der Waals surface area contributed by atoms with Gasteiger partial charge in [-0.3, -0.25) is 20.4 Å². The second kappa shape index (κ2) is 7.64. The molecule has 22 heavy (non-hydrogen) atoms. The zero-order chi connectivity index (χ0) is 15.8. The Kier molecular flexibility index (Phi) is 5.31. The fraction of sp³-hybridized carbons (Fsp3) is 0.0588. The number of benzene rings is 2. The zero-order valence-corrected chi connectivity index (χ0v) is 12.1. The van der Waals surface area contributed by atoms with Crippen molar-refractivity contribution in [3.63, 3.8) is 0 Å². The molecule has 0 saturated carbocycles. The van der Waals surface area contributed by atoms with Crippen LogP contribution in [-0.4, -0.2) is 18.9 Å². The van der Waals surface area contributed by atoms with Gasteiger partial charge in [-0.25, -0.2) is 0 Å². The molecule has 0 unspecified atom stereocenters. The van der Waals surface area contributed by atoms with Crippen LogP contribution >= 0.6 is 0 Å². The molecule has 0 heterocycles. The third kappa shape index (κ3) is 4.49. The SMILES string of the molecule is COc1ccc(C(=O)NNC(=O)/C=C\c2ccccc2)cc1. The molecule has 2 N–H and O–H groups in total. The average molecular weight is 296 g/mol.